The third-order valence-corrected chi connectivity index (χ3v) is 4.77. The van der Waals surface area contributed by atoms with E-state index in [1.54, 1.807) is 11.0 Å². The van der Waals surface area contributed by atoms with Crippen LogP contribution in [0, 0.1) is 17.2 Å². The maximum atomic E-state index is 12.1. The first-order valence-corrected chi connectivity index (χ1v) is 10.5. The Morgan fingerprint density at radius 3 is 2.73 bits per heavy atom. The minimum absolute atomic E-state index is 0.229. The smallest absolute Gasteiger partial charge is 0.410 e. The van der Waals surface area contributed by atoms with Gasteiger partial charge in [0.2, 0.25) is 0 Å². The molecule has 1 N–H and O–H groups in total. The number of amides is 1. The van der Waals surface area contributed by atoms with Gasteiger partial charge in [-0.1, -0.05) is 17.3 Å². The second kappa shape index (κ2) is 9.16. The normalized spacial score (nSPS) is 13.7. The van der Waals surface area contributed by atoms with E-state index in [9.17, 15) is 4.79 Å². The largest absolute Gasteiger partial charge is 0.492 e. The van der Waals surface area contributed by atoms with E-state index < -0.39 is 5.60 Å². The van der Waals surface area contributed by atoms with Crippen LogP contribution in [0.1, 0.15) is 26.5 Å². The first-order chi connectivity index (χ1) is 15.8. The molecule has 3 heterocycles. The second-order valence-electron chi connectivity index (χ2n) is 8.66. The lowest BCUT2D eigenvalue weighted by atomic mass is 10.0. The molecule has 0 unspecified atom stereocenters. The van der Waals surface area contributed by atoms with Crippen LogP contribution in [0.15, 0.2) is 47.2 Å². The summed E-state index contributed by atoms with van der Waals surface area (Å²) in [6.07, 6.45) is 2.52. The highest BCUT2D eigenvalue weighted by Gasteiger charge is 2.34. The molecule has 1 fully saturated rings. The van der Waals surface area contributed by atoms with Gasteiger partial charge in [-0.15, -0.1) is 0 Å². The first kappa shape index (κ1) is 22.1. The van der Waals surface area contributed by atoms with Crippen LogP contribution in [-0.4, -0.2) is 51.4 Å². The predicted molar refractivity (Wildman–Crippen MR) is 119 cm³/mol. The quantitative estimate of drug-likeness (QED) is 0.595. The van der Waals surface area contributed by atoms with Gasteiger partial charge < -0.3 is 24.2 Å². The number of carbonyl (C=O) groups is 1. The van der Waals surface area contributed by atoms with Crippen molar-refractivity contribution in [2.45, 2.75) is 26.4 Å². The average Bonchev–Trinajstić information content (AvgIpc) is 3.20. The fourth-order valence-corrected chi connectivity index (χ4v) is 3.20. The summed E-state index contributed by atoms with van der Waals surface area (Å²) < 4.78 is 16.9. The van der Waals surface area contributed by atoms with Crippen LogP contribution < -0.4 is 10.1 Å². The van der Waals surface area contributed by atoms with Crippen molar-refractivity contribution >= 4 is 17.7 Å². The minimum atomic E-state index is -0.505. The number of hydrogen-bond acceptors (Lipinski definition) is 9. The van der Waals surface area contributed by atoms with Crippen molar-refractivity contribution in [1.29, 1.82) is 5.26 Å². The highest BCUT2D eigenvalue weighted by molar-refractivity contribution is 5.70. The molecule has 0 spiro atoms. The monoisotopic (exact) mass is 448 g/mol. The summed E-state index contributed by atoms with van der Waals surface area (Å²) in [4.78, 5) is 21.8. The molecule has 0 atom stereocenters. The van der Waals surface area contributed by atoms with E-state index in [-0.39, 0.29) is 17.7 Å². The predicted octanol–water partition coefficient (Wildman–Crippen LogP) is 3.99. The lowest BCUT2D eigenvalue weighted by molar-refractivity contribution is -0.00778. The lowest BCUT2D eigenvalue weighted by Crippen LogP contribution is -2.53. The van der Waals surface area contributed by atoms with E-state index in [1.807, 2.05) is 51.1 Å². The molecule has 4 rings (SSSR count). The van der Waals surface area contributed by atoms with Gasteiger partial charge in [-0.3, -0.25) is 0 Å². The van der Waals surface area contributed by atoms with Crippen LogP contribution in [0.3, 0.4) is 0 Å². The van der Waals surface area contributed by atoms with Crippen molar-refractivity contribution in [3.8, 4) is 23.1 Å². The van der Waals surface area contributed by atoms with E-state index in [2.05, 4.69) is 20.4 Å². The number of hydrogen-bond donors (Lipinski definition) is 1. The summed E-state index contributed by atoms with van der Waals surface area (Å²) in [5, 5.41) is 15.8. The summed E-state index contributed by atoms with van der Waals surface area (Å²) in [6.45, 7) is 7.22. The Bertz CT molecular complexity index is 1160. The Morgan fingerprint density at radius 2 is 2.03 bits per heavy atom. The first-order valence-electron chi connectivity index (χ1n) is 10.5. The molecule has 3 aromatic rings. The molecule has 1 saturated heterocycles. The number of likely N-dealkylation sites (tertiary alicyclic amines) is 1. The third kappa shape index (κ3) is 5.57. The average molecular weight is 448 g/mol. The summed E-state index contributed by atoms with van der Waals surface area (Å²) >= 11 is 0. The zero-order valence-corrected chi connectivity index (χ0v) is 18.6. The Balaban J connectivity index is 1.35. The van der Waals surface area contributed by atoms with Crippen LogP contribution in [0.25, 0.3) is 11.3 Å². The van der Waals surface area contributed by atoms with Gasteiger partial charge >= 0.3 is 6.09 Å². The topological polar surface area (TPSA) is 126 Å². The minimum Gasteiger partial charge on any atom is -0.492 e. The van der Waals surface area contributed by atoms with Gasteiger partial charge in [-0.05, 0) is 32.9 Å². The Labute approximate surface area is 191 Å². The molecule has 1 amide bonds. The summed E-state index contributed by atoms with van der Waals surface area (Å²) in [7, 11) is 0. The summed E-state index contributed by atoms with van der Waals surface area (Å²) in [6, 6.07) is 11.2. The summed E-state index contributed by atoms with van der Waals surface area (Å²) in [5.41, 5.74) is 0.482. The fraction of sp³-hybridized carbons (Fsp3) is 0.348. The highest BCUT2D eigenvalue weighted by atomic mass is 16.6. The molecule has 0 bridgehead atoms. The lowest BCUT2D eigenvalue weighted by Gasteiger charge is -2.39. The molecule has 10 heteroatoms. The van der Waals surface area contributed by atoms with Crippen molar-refractivity contribution in [1.82, 2.24) is 20.0 Å². The number of carbonyl (C=O) groups excluding carboxylic acids is 1. The highest BCUT2D eigenvalue weighted by Crippen LogP contribution is 2.32. The SMILES string of the molecule is CC(C)(C)OC(=O)N1CC(COc2ccccc2-c2cc(Nc3cnc(C#N)cn3)no2)C1. The van der Waals surface area contributed by atoms with E-state index in [0.29, 0.717) is 42.8 Å². The maximum Gasteiger partial charge on any atom is 0.410 e. The van der Waals surface area contributed by atoms with Crippen LogP contribution >= 0.6 is 0 Å². The van der Waals surface area contributed by atoms with Gasteiger partial charge in [0.15, 0.2) is 17.3 Å². The molecule has 10 nitrogen and oxygen atoms in total. The molecule has 0 saturated carbocycles. The zero-order chi connectivity index (χ0) is 23.4. The van der Waals surface area contributed by atoms with Gasteiger partial charge in [-0.2, -0.15) is 5.26 Å². The van der Waals surface area contributed by atoms with Crippen LogP contribution in [0.5, 0.6) is 5.75 Å². The van der Waals surface area contributed by atoms with E-state index in [4.69, 9.17) is 19.3 Å². The number of aromatic nitrogens is 3. The van der Waals surface area contributed by atoms with E-state index >= 15 is 0 Å². The zero-order valence-electron chi connectivity index (χ0n) is 18.6. The number of benzene rings is 1. The standard InChI is InChI=1S/C23H24N6O4/c1-23(2,3)32-22(30)29-12-15(13-29)14-31-18-7-5-4-6-17(18)19-8-20(28-33-19)27-21-11-25-16(9-24)10-26-21/h4-8,10-11,15H,12-14H2,1-3H3,(H,26,27,28). The Kier molecular flexibility index (Phi) is 6.13. The molecule has 0 aliphatic carbocycles. The van der Waals surface area contributed by atoms with E-state index in [1.165, 1.54) is 12.4 Å². The molecular formula is C23H24N6O4. The van der Waals surface area contributed by atoms with Gasteiger partial charge in [0.1, 0.15) is 23.2 Å². The van der Waals surface area contributed by atoms with Crippen molar-refractivity contribution in [2.24, 2.45) is 5.92 Å². The maximum absolute atomic E-state index is 12.1. The molecule has 1 aliphatic rings. The number of anilines is 2. The molecular weight excluding hydrogens is 424 g/mol. The fourth-order valence-electron chi connectivity index (χ4n) is 3.20. The third-order valence-electron chi connectivity index (χ3n) is 4.77. The van der Waals surface area contributed by atoms with Gasteiger partial charge in [0, 0.05) is 25.1 Å². The van der Waals surface area contributed by atoms with Gasteiger partial charge in [0.25, 0.3) is 0 Å². The molecule has 0 radical (unpaired) electrons. The number of para-hydroxylation sites is 1. The Morgan fingerprint density at radius 1 is 1.24 bits per heavy atom. The van der Waals surface area contributed by atoms with Crippen LogP contribution in [-0.2, 0) is 4.74 Å². The number of nitrogens with one attached hydrogen (secondary N) is 1. The van der Waals surface area contributed by atoms with Crippen molar-refractivity contribution in [3.05, 3.63) is 48.4 Å². The van der Waals surface area contributed by atoms with Crippen molar-refractivity contribution < 1.29 is 18.8 Å². The van der Waals surface area contributed by atoms with Crippen molar-refractivity contribution in [2.75, 3.05) is 25.0 Å². The summed E-state index contributed by atoms with van der Waals surface area (Å²) in [5.74, 6) is 2.31. The molecule has 2 aromatic heterocycles. The van der Waals surface area contributed by atoms with Gasteiger partial charge in [-0.25, -0.2) is 14.8 Å². The van der Waals surface area contributed by atoms with Crippen molar-refractivity contribution in [3.63, 3.8) is 0 Å². The molecule has 33 heavy (non-hydrogen) atoms. The molecule has 1 aliphatic heterocycles. The second-order valence-corrected chi connectivity index (χ2v) is 8.66. The number of ether oxygens (including phenoxy) is 2. The number of nitriles is 1. The Hall–Kier alpha value is -4.13. The van der Waals surface area contributed by atoms with Crippen LogP contribution in [0.4, 0.5) is 16.4 Å². The van der Waals surface area contributed by atoms with E-state index in [0.717, 1.165) is 5.56 Å². The number of nitrogens with zero attached hydrogens (tertiary/aromatic N) is 5. The van der Waals surface area contributed by atoms with Gasteiger partial charge in [0.05, 0.1) is 24.6 Å². The molecule has 170 valence electrons. The van der Waals surface area contributed by atoms with Crippen LogP contribution in [0.2, 0.25) is 0 Å². The molecule has 1 aromatic carbocycles. The number of rotatable bonds is 6.